The number of hydrogen-bond donors (Lipinski definition) is 1. The van der Waals surface area contributed by atoms with Crippen molar-refractivity contribution >= 4 is 29.3 Å². The van der Waals surface area contributed by atoms with Crippen LogP contribution in [-0.2, 0) is 13.0 Å². The average molecular weight is 433 g/mol. The molecule has 3 aromatic rings. The molecule has 29 heavy (non-hydrogen) atoms. The number of benzene rings is 2. The topological polar surface area (TPSA) is 46.6 Å². The van der Waals surface area contributed by atoms with Crippen LogP contribution in [-0.4, -0.2) is 18.6 Å². The van der Waals surface area contributed by atoms with Crippen LogP contribution in [0.4, 0.5) is 4.39 Å². The molecule has 0 unspecified atom stereocenters. The van der Waals surface area contributed by atoms with E-state index >= 15 is 0 Å². The van der Waals surface area contributed by atoms with Crippen LogP contribution in [0.3, 0.4) is 0 Å². The molecule has 0 saturated carbocycles. The lowest BCUT2D eigenvalue weighted by atomic mass is 10.0. The Morgan fingerprint density at radius 1 is 1.10 bits per heavy atom. The molecule has 0 radical (unpaired) electrons. The number of hydrogen-bond acceptors (Lipinski definition) is 3. The predicted molar refractivity (Wildman–Crippen MR) is 112 cm³/mol. The zero-order valence-electron chi connectivity index (χ0n) is 15.8. The molecular weight excluding hydrogens is 414 g/mol. The van der Waals surface area contributed by atoms with E-state index in [1.54, 1.807) is 25.3 Å². The van der Waals surface area contributed by atoms with Gasteiger partial charge in [-0.2, -0.15) is 0 Å². The molecule has 1 N–H and O–H groups in total. The lowest BCUT2D eigenvalue weighted by Crippen LogP contribution is -2.28. The highest BCUT2D eigenvalue weighted by atomic mass is 35.5. The number of aromatic nitrogens is 1. The fraction of sp³-hybridized carbons (Fsp3) is 0.227. The monoisotopic (exact) mass is 432 g/mol. The summed E-state index contributed by atoms with van der Waals surface area (Å²) in [6.45, 7) is 0.846. The van der Waals surface area contributed by atoms with Gasteiger partial charge in [-0.3, -0.25) is 4.99 Å². The van der Waals surface area contributed by atoms with Gasteiger partial charge in [-0.05, 0) is 35.7 Å². The molecule has 150 valence electrons. The zero-order chi connectivity index (χ0) is 20.4. The first kappa shape index (κ1) is 19.8. The van der Waals surface area contributed by atoms with Gasteiger partial charge >= 0.3 is 0 Å². The number of aromatic amines is 1. The van der Waals surface area contributed by atoms with Crippen LogP contribution in [0.25, 0.3) is 6.08 Å². The molecule has 2 heterocycles. The Kier molecular flexibility index (Phi) is 5.79. The highest BCUT2D eigenvalue weighted by molar-refractivity contribution is 6.31. The molecule has 1 aromatic heterocycles. The molecule has 4 rings (SSSR count). The van der Waals surface area contributed by atoms with Crippen molar-refractivity contribution in [2.24, 2.45) is 4.99 Å². The zero-order valence-corrected chi connectivity index (χ0v) is 17.3. The summed E-state index contributed by atoms with van der Waals surface area (Å²) in [5.41, 5.74) is 3.35. The number of halogens is 3. The van der Waals surface area contributed by atoms with Crippen molar-refractivity contribution in [3.63, 3.8) is 0 Å². The third kappa shape index (κ3) is 4.26. The first-order chi connectivity index (χ1) is 14.0. The third-order valence-electron chi connectivity index (χ3n) is 4.84. The molecule has 4 nitrogen and oxygen atoms in total. The van der Waals surface area contributed by atoms with Crippen LogP contribution in [0.15, 0.2) is 41.5 Å². The maximum atomic E-state index is 14.0. The van der Waals surface area contributed by atoms with Crippen molar-refractivity contribution in [1.29, 1.82) is 0 Å². The van der Waals surface area contributed by atoms with Crippen LogP contribution in [0.1, 0.15) is 23.1 Å². The minimum absolute atomic E-state index is 0.0385. The molecule has 0 amide bonds. The quantitative estimate of drug-likeness (QED) is 0.625. The Labute approximate surface area is 177 Å². The van der Waals surface area contributed by atoms with E-state index in [0.29, 0.717) is 33.5 Å². The summed E-state index contributed by atoms with van der Waals surface area (Å²) in [6.07, 6.45) is 5.73. The van der Waals surface area contributed by atoms with E-state index < -0.39 is 5.82 Å². The van der Waals surface area contributed by atoms with Gasteiger partial charge in [0.2, 0.25) is 0 Å². The number of nitrogens with one attached hydrogen (secondary N) is 1. The minimum atomic E-state index is -0.418. The van der Waals surface area contributed by atoms with Crippen LogP contribution in [0, 0.1) is 5.82 Å². The van der Waals surface area contributed by atoms with Gasteiger partial charge in [0.05, 0.1) is 7.11 Å². The lowest BCUT2D eigenvalue weighted by Gasteiger charge is -2.14. The van der Waals surface area contributed by atoms with Crippen molar-refractivity contribution in [3.8, 4) is 11.5 Å². The van der Waals surface area contributed by atoms with Crippen molar-refractivity contribution in [1.82, 2.24) is 4.98 Å². The summed E-state index contributed by atoms with van der Waals surface area (Å²) in [5.74, 6) is 0.572. The molecule has 1 aliphatic rings. The molecule has 0 saturated heterocycles. The molecule has 2 aromatic carbocycles. The van der Waals surface area contributed by atoms with E-state index in [1.165, 1.54) is 6.07 Å². The van der Waals surface area contributed by atoms with Crippen LogP contribution in [0.5, 0.6) is 11.5 Å². The number of methoxy groups -OCH3 is 1. The third-order valence-corrected chi connectivity index (χ3v) is 5.43. The Morgan fingerprint density at radius 2 is 1.97 bits per heavy atom. The van der Waals surface area contributed by atoms with Gasteiger partial charge in [0.1, 0.15) is 17.9 Å². The van der Waals surface area contributed by atoms with E-state index in [0.717, 1.165) is 34.8 Å². The van der Waals surface area contributed by atoms with Crippen LogP contribution < -0.4 is 20.2 Å². The molecule has 0 bridgehead atoms. The van der Waals surface area contributed by atoms with Crippen molar-refractivity contribution in [2.75, 3.05) is 13.7 Å². The first-order valence-corrected chi connectivity index (χ1v) is 9.95. The number of rotatable bonds is 6. The van der Waals surface area contributed by atoms with Gasteiger partial charge in [-0.25, -0.2) is 4.39 Å². The SMILES string of the molecule is COc1cc(Cc2c[nH]c3c2=CCCN=3)c(Cl)cc1OCc1ccc(Cl)cc1F. The molecule has 0 spiro atoms. The Morgan fingerprint density at radius 3 is 2.76 bits per heavy atom. The Balaban J connectivity index is 1.58. The van der Waals surface area contributed by atoms with Crippen LogP contribution in [0.2, 0.25) is 10.0 Å². The second-order valence-corrected chi connectivity index (χ2v) is 7.59. The van der Waals surface area contributed by atoms with Crippen molar-refractivity contribution < 1.29 is 13.9 Å². The van der Waals surface area contributed by atoms with Gasteiger partial charge in [0.25, 0.3) is 0 Å². The summed E-state index contributed by atoms with van der Waals surface area (Å²) < 4.78 is 25.2. The highest BCUT2D eigenvalue weighted by Gasteiger charge is 2.14. The minimum Gasteiger partial charge on any atom is -0.493 e. The Bertz CT molecular complexity index is 1170. The predicted octanol–water partition coefficient (Wildman–Crippen LogP) is 4.44. The molecular formula is C22H19Cl2FN2O2. The summed E-state index contributed by atoms with van der Waals surface area (Å²) in [4.78, 5) is 7.70. The molecule has 0 aliphatic carbocycles. The first-order valence-electron chi connectivity index (χ1n) is 9.19. The summed E-state index contributed by atoms with van der Waals surface area (Å²) >= 11 is 12.3. The number of ether oxygens (including phenoxy) is 2. The largest absolute Gasteiger partial charge is 0.493 e. The maximum absolute atomic E-state index is 14.0. The van der Waals surface area contributed by atoms with E-state index in [9.17, 15) is 4.39 Å². The van der Waals surface area contributed by atoms with Gasteiger partial charge in [0.15, 0.2) is 11.5 Å². The van der Waals surface area contributed by atoms with Gasteiger partial charge in [-0.1, -0.05) is 35.3 Å². The molecule has 0 fully saturated rings. The smallest absolute Gasteiger partial charge is 0.163 e. The average Bonchev–Trinajstić information content (AvgIpc) is 3.12. The Hall–Kier alpha value is -2.50. The van der Waals surface area contributed by atoms with E-state index in [2.05, 4.69) is 16.1 Å². The standard InChI is InChI=1S/C22H19Cl2FN2O2/c1-28-20-8-14(7-15-11-27-22-17(15)3-2-6-26-22)18(24)10-21(20)29-12-13-4-5-16(23)9-19(13)25/h3-5,8-11H,2,6-7,12H2,1H3,(H,26,27). The molecule has 7 heteroatoms. The lowest BCUT2D eigenvalue weighted by molar-refractivity contribution is 0.279. The molecule has 0 atom stereocenters. The second kappa shape index (κ2) is 8.47. The normalized spacial score (nSPS) is 12.7. The number of H-pyrrole nitrogens is 1. The van der Waals surface area contributed by atoms with E-state index in [-0.39, 0.29) is 6.61 Å². The van der Waals surface area contributed by atoms with E-state index in [1.807, 2.05) is 12.3 Å². The van der Waals surface area contributed by atoms with Gasteiger partial charge in [-0.15, -0.1) is 0 Å². The maximum Gasteiger partial charge on any atom is 0.163 e. The summed E-state index contributed by atoms with van der Waals surface area (Å²) in [7, 11) is 1.56. The fourth-order valence-electron chi connectivity index (χ4n) is 3.34. The summed E-state index contributed by atoms with van der Waals surface area (Å²) in [6, 6.07) is 8.04. The van der Waals surface area contributed by atoms with Gasteiger partial charge < -0.3 is 14.5 Å². The number of fused-ring (bicyclic) bond motifs is 1. The van der Waals surface area contributed by atoms with Crippen LogP contribution >= 0.6 is 23.2 Å². The van der Waals surface area contributed by atoms with Crippen molar-refractivity contribution in [2.45, 2.75) is 19.4 Å². The van der Waals surface area contributed by atoms with Crippen molar-refractivity contribution in [3.05, 3.63) is 79.8 Å². The van der Waals surface area contributed by atoms with Gasteiger partial charge in [0, 0.05) is 46.1 Å². The van der Waals surface area contributed by atoms with E-state index in [4.69, 9.17) is 32.7 Å². The highest BCUT2D eigenvalue weighted by Crippen LogP contribution is 2.35. The molecule has 1 aliphatic heterocycles. The summed E-state index contributed by atoms with van der Waals surface area (Å²) in [5, 5.41) is 2.03. The second-order valence-electron chi connectivity index (χ2n) is 6.75. The fourth-order valence-corrected chi connectivity index (χ4v) is 3.72. The number of nitrogens with zero attached hydrogens (tertiary/aromatic N) is 1.